The van der Waals surface area contributed by atoms with Crippen LogP contribution in [-0.4, -0.2) is 23.8 Å². The van der Waals surface area contributed by atoms with E-state index in [-0.39, 0.29) is 6.10 Å². The summed E-state index contributed by atoms with van der Waals surface area (Å²) in [6.45, 7) is 8.26. The molecular formula is C11H22O3. The highest BCUT2D eigenvalue weighted by molar-refractivity contribution is 5.73. The molecule has 0 bridgehead atoms. The number of ether oxygens (including phenoxy) is 1. The normalized spacial score (nSPS) is 12.1. The number of hydrogen-bond donors (Lipinski definition) is 1. The summed E-state index contributed by atoms with van der Waals surface area (Å²) >= 11 is 0. The van der Waals surface area contributed by atoms with Gasteiger partial charge in [0.1, 0.15) is 0 Å². The van der Waals surface area contributed by atoms with Crippen molar-refractivity contribution in [3.05, 3.63) is 0 Å². The Bertz CT molecular complexity index is 173. The number of hydrogen-bond acceptors (Lipinski definition) is 2. The minimum Gasteiger partial charge on any atom is -0.481 e. The Kier molecular flexibility index (Phi) is 5.77. The Balaban J connectivity index is 3.49. The highest BCUT2D eigenvalue weighted by atomic mass is 16.5. The van der Waals surface area contributed by atoms with Gasteiger partial charge < -0.3 is 9.84 Å². The SMILES string of the molecule is CC(C)OCCCCC(C)(C)C(=O)O. The first-order valence-corrected chi connectivity index (χ1v) is 5.21. The molecule has 0 aliphatic heterocycles. The molecule has 0 atom stereocenters. The van der Waals surface area contributed by atoms with Crippen LogP contribution in [-0.2, 0) is 9.53 Å². The van der Waals surface area contributed by atoms with Gasteiger partial charge in [0, 0.05) is 6.61 Å². The molecule has 0 aliphatic carbocycles. The van der Waals surface area contributed by atoms with Gasteiger partial charge in [0.05, 0.1) is 11.5 Å². The summed E-state index contributed by atoms with van der Waals surface area (Å²) in [5.41, 5.74) is -0.599. The van der Waals surface area contributed by atoms with Gasteiger partial charge in [-0.25, -0.2) is 0 Å². The van der Waals surface area contributed by atoms with E-state index in [1.54, 1.807) is 13.8 Å². The molecule has 3 nitrogen and oxygen atoms in total. The lowest BCUT2D eigenvalue weighted by molar-refractivity contribution is -0.147. The number of carbonyl (C=O) groups is 1. The summed E-state index contributed by atoms with van der Waals surface area (Å²) in [4.78, 5) is 10.8. The lowest BCUT2D eigenvalue weighted by atomic mass is 9.87. The van der Waals surface area contributed by atoms with Gasteiger partial charge in [-0.2, -0.15) is 0 Å². The third-order valence-electron chi connectivity index (χ3n) is 2.23. The second-order valence-corrected chi connectivity index (χ2v) is 4.57. The monoisotopic (exact) mass is 202 g/mol. The second-order valence-electron chi connectivity index (χ2n) is 4.57. The third-order valence-corrected chi connectivity index (χ3v) is 2.23. The fourth-order valence-electron chi connectivity index (χ4n) is 1.09. The fraction of sp³-hybridized carbons (Fsp3) is 0.909. The Morgan fingerprint density at radius 2 is 1.93 bits per heavy atom. The van der Waals surface area contributed by atoms with E-state index in [1.807, 2.05) is 13.8 Å². The quantitative estimate of drug-likeness (QED) is 0.646. The molecule has 0 aromatic heterocycles. The number of rotatable bonds is 7. The molecule has 14 heavy (non-hydrogen) atoms. The van der Waals surface area contributed by atoms with Crippen LogP contribution in [0, 0.1) is 5.41 Å². The van der Waals surface area contributed by atoms with Crippen LogP contribution >= 0.6 is 0 Å². The van der Waals surface area contributed by atoms with Crippen LogP contribution in [0.1, 0.15) is 47.0 Å². The van der Waals surface area contributed by atoms with E-state index >= 15 is 0 Å². The van der Waals surface area contributed by atoms with Crippen LogP contribution in [0.3, 0.4) is 0 Å². The average molecular weight is 202 g/mol. The molecule has 3 heteroatoms. The predicted octanol–water partition coefficient (Wildman–Crippen LogP) is 2.69. The van der Waals surface area contributed by atoms with Crippen LogP contribution in [0.2, 0.25) is 0 Å². The Morgan fingerprint density at radius 1 is 1.36 bits per heavy atom. The highest BCUT2D eigenvalue weighted by Crippen LogP contribution is 2.23. The van der Waals surface area contributed by atoms with Crippen LogP contribution < -0.4 is 0 Å². The maximum absolute atomic E-state index is 10.8. The molecule has 0 heterocycles. The van der Waals surface area contributed by atoms with Crippen molar-refractivity contribution in [2.75, 3.05) is 6.61 Å². The van der Waals surface area contributed by atoms with Crippen molar-refractivity contribution in [2.45, 2.75) is 53.1 Å². The number of carboxylic acids is 1. The maximum atomic E-state index is 10.8. The zero-order chi connectivity index (χ0) is 11.2. The van der Waals surface area contributed by atoms with Crippen molar-refractivity contribution in [1.29, 1.82) is 0 Å². The molecule has 0 saturated carbocycles. The van der Waals surface area contributed by atoms with Crippen molar-refractivity contribution >= 4 is 5.97 Å². The molecule has 0 amide bonds. The van der Waals surface area contributed by atoms with E-state index in [9.17, 15) is 4.79 Å². The number of carboxylic acid groups (broad SMARTS) is 1. The van der Waals surface area contributed by atoms with Crippen LogP contribution in [0.15, 0.2) is 0 Å². The van der Waals surface area contributed by atoms with Gasteiger partial charge in [-0.15, -0.1) is 0 Å². The standard InChI is InChI=1S/C11H22O3/c1-9(2)14-8-6-5-7-11(3,4)10(12)13/h9H,5-8H2,1-4H3,(H,12,13). The van der Waals surface area contributed by atoms with Crippen molar-refractivity contribution in [1.82, 2.24) is 0 Å². The number of unbranched alkanes of at least 4 members (excludes halogenated alkanes) is 1. The first-order valence-electron chi connectivity index (χ1n) is 5.21. The average Bonchev–Trinajstić information content (AvgIpc) is 2.02. The van der Waals surface area contributed by atoms with Crippen LogP contribution in [0.25, 0.3) is 0 Å². The lowest BCUT2D eigenvalue weighted by Crippen LogP contribution is -2.23. The van der Waals surface area contributed by atoms with Crippen LogP contribution in [0.5, 0.6) is 0 Å². The summed E-state index contributed by atoms with van der Waals surface area (Å²) in [5, 5.41) is 8.85. The van der Waals surface area contributed by atoms with Crippen molar-refractivity contribution in [3.8, 4) is 0 Å². The van der Waals surface area contributed by atoms with Gasteiger partial charge in [-0.05, 0) is 40.5 Å². The summed E-state index contributed by atoms with van der Waals surface area (Å²) in [6, 6.07) is 0. The predicted molar refractivity (Wildman–Crippen MR) is 56.4 cm³/mol. The molecule has 0 unspecified atom stereocenters. The second kappa shape index (κ2) is 6.02. The Hall–Kier alpha value is -0.570. The van der Waals surface area contributed by atoms with Gasteiger partial charge in [-0.3, -0.25) is 4.79 Å². The van der Waals surface area contributed by atoms with E-state index in [0.29, 0.717) is 6.42 Å². The minimum atomic E-state index is -0.720. The first-order chi connectivity index (χ1) is 6.36. The molecule has 0 spiro atoms. The van der Waals surface area contributed by atoms with E-state index in [2.05, 4.69) is 0 Å². The van der Waals surface area contributed by atoms with Crippen molar-refractivity contribution < 1.29 is 14.6 Å². The van der Waals surface area contributed by atoms with Crippen molar-refractivity contribution in [3.63, 3.8) is 0 Å². The van der Waals surface area contributed by atoms with Gasteiger partial charge in [0.2, 0.25) is 0 Å². The summed E-state index contributed by atoms with van der Waals surface area (Å²) < 4.78 is 5.37. The molecule has 1 N–H and O–H groups in total. The molecule has 0 aromatic rings. The minimum absolute atomic E-state index is 0.266. The molecule has 0 fully saturated rings. The summed E-state index contributed by atoms with van der Waals surface area (Å²) in [6.07, 6.45) is 2.83. The molecule has 0 rings (SSSR count). The molecule has 84 valence electrons. The number of aliphatic carboxylic acids is 1. The van der Waals surface area contributed by atoms with Crippen molar-refractivity contribution in [2.24, 2.45) is 5.41 Å². The zero-order valence-electron chi connectivity index (χ0n) is 9.67. The van der Waals surface area contributed by atoms with Gasteiger partial charge in [0.15, 0.2) is 0 Å². The zero-order valence-corrected chi connectivity index (χ0v) is 9.67. The largest absolute Gasteiger partial charge is 0.481 e. The van der Waals surface area contributed by atoms with E-state index in [4.69, 9.17) is 9.84 Å². The van der Waals surface area contributed by atoms with E-state index in [0.717, 1.165) is 19.4 Å². The molecule has 0 radical (unpaired) electrons. The topological polar surface area (TPSA) is 46.5 Å². The fourth-order valence-corrected chi connectivity index (χ4v) is 1.09. The highest BCUT2D eigenvalue weighted by Gasteiger charge is 2.25. The molecule has 0 saturated heterocycles. The summed E-state index contributed by atoms with van der Waals surface area (Å²) in [7, 11) is 0. The first kappa shape index (κ1) is 13.4. The molecule has 0 aromatic carbocycles. The van der Waals surface area contributed by atoms with E-state index < -0.39 is 11.4 Å². The lowest BCUT2D eigenvalue weighted by Gasteiger charge is -2.18. The molecular weight excluding hydrogens is 180 g/mol. The van der Waals surface area contributed by atoms with E-state index in [1.165, 1.54) is 0 Å². The van der Waals surface area contributed by atoms with Gasteiger partial charge in [-0.1, -0.05) is 6.42 Å². The maximum Gasteiger partial charge on any atom is 0.309 e. The molecule has 0 aliphatic rings. The van der Waals surface area contributed by atoms with Gasteiger partial charge >= 0.3 is 5.97 Å². The van der Waals surface area contributed by atoms with Gasteiger partial charge in [0.25, 0.3) is 0 Å². The smallest absolute Gasteiger partial charge is 0.309 e. The third kappa shape index (κ3) is 5.97. The van der Waals surface area contributed by atoms with Crippen LogP contribution in [0.4, 0.5) is 0 Å². The Labute approximate surface area is 86.5 Å². The Morgan fingerprint density at radius 3 is 2.36 bits per heavy atom. The summed E-state index contributed by atoms with van der Waals surface area (Å²) in [5.74, 6) is -0.720.